The number of carbonyl (C=O) groups is 1. The Morgan fingerprint density at radius 1 is 1.39 bits per heavy atom. The Morgan fingerprint density at radius 2 is 2.13 bits per heavy atom. The molecule has 3 N–H and O–H groups in total. The average molecular weight is 558 g/mol. The van der Waals surface area contributed by atoms with Crippen LogP contribution in [-0.2, 0) is 16.8 Å². The zero-order valence-corrected chi connectivity index (χ0v) is 21.5. The van der Waals surface area contributed by atoms with E-state index in [0.717, 1.165) is 17.0 Å². The van der Waals surface area contributed by atoms with Gasteiger partial charge in [0, 0.05) is 6.54 Å². The lowest BCUT2D eigenvalue weighted by Gasteiger charge is -2.23. The van der Waals surface area contributed by atoms with Crippen LogP contribution in [0.4, 0.5) is 0 Å². The molecule has 0 saturated carbocycles. The van der Waals surface area contributed by atoms with E-state index in [2.05, 4.69) is 26.7 Å². The number of halogens is 1. The second-order valence-corrected chi connectivity index (χ2v) is 8.47. The second-order valence-electron chi connectivity index (χ2n) is 7.44. The number of nitrogens with one attached hydrogen (secondary N) is 2. The summed E-state index contributed by atoms with van der Waals surface area (Å²) in [6.45, 7) is 8.87. The number of aliphatic imine (C=N–C) groups is 1. The fourth-order valence-electron chi connectivity index (χ4n) is 3.62. The summed E-state index contributed by atoms with van der Waals surface area (Å²) in [4.78, 5) is 21.8. The quantitative estimate of drug-likeness (QED) is 0.208. The molecule has 31 heavy (non-hydrogen) atoms. The number of aryl methyl sites for hydroxylation is 2. The molecule has 0 radical (unpaired) electrons. The van der Waals surface area contributed by atoms with Gasteiger partial charge in [0.05, 0.1) is 24.9 Å². The van der Waals surface area contributed by atoms with Crippen molar-refractivity contribution in [1.82, 2.24) is 15.6 Å². The normalized spacial score (nSPS) is 18.7. The third-order valence-corrected chi connectivity index (χ3v) is 6.49. The molecule has 9 heteroatoms. The number of ether oxygens (including phenoxy) is 1. The lowest BCUT2D eigenvalue weighted by Crippen LogP contribution is -2.40. The van der Waals surface area contributed by atoms with E-state index < -0.39 is 5.60 Å². The fraction of sp³-hybridized carbons (Fsp3) is 0.500. The first-order valence-electron chi connectivity index (χ1n) is 10.4. The number of guanidine groups is 1. The summed E-state index contributed by atoms with van der Waals surface area (Å²) in [5.74, 6) is 0.266. The van der Waals surface area contributed by atoms with Gasteiger partial charge in [0.2, 0.25) is 0 Å². The second kappa shape index (κ2) is 11.2. The standard InChI is InChI=1S/C22H30N4O3S.HI/c1-5-23-21(24-13-22(28)12-11-16-9-7-8-10-17(16)22)26-15(4)19-25-14(3)18(30-19)20(27)29-6-2;/h7-10,15,28H,5-6,11-13H2,1-4H3,(H2,23,24,26);1H. The van der Waals surface area contributed by atoms with Crippen LogP contribution in [0.15, 0.2) is 29.3 Å². The summed E-state index contributed by atoms with van der Waals surface area (Å²) in [6.07, 6.45) is 1.52. The Bertz CT molecular complexity index is 933. The van der Waals surface area contributed by atoms with Gasteiger partial charge < -0.3 is 20.5 Å². The highest BCUT2D eigenvalue weighted by atomic mass is 127. The number of carbonyl (C=O) groups excluding carboxylic acids is 1. The summed E-state index contributed by atoms with van der Waals surface area (Å²) in [5.41, 5.74) is 1.87. The maximum atomic E-state index is 12.1. The number of hydrogen-bond donors (Lipinski definition) is 3. The van der Waals surface area contributed by atoms with Gasteiger partial charge in [-0.3, -0.25) is 0 Å². The van der Waals surface area contributed by atoms with Crippen LogP contribution in [0.1, 0.15) is 64.7 Å². The van der Waals surface area contributed by atoms with Crippen molar-refractivity contribution in [1.29, 1.82) is 0 Å². The molecule has 2 aromatic rings. The van der Waals surface area contributed by atoms with Gasteiger partial charge in [0.25, 0.3) is 0 Å². The molecule has 170 valence electrons. The van der Waals surface area contributed by atoms with Gasteiger partial charge in [-0.2, -0.15) is 0 Å². The van der Waals surface area contributed by atoms with E-state index in [1.165, 1.54) is 16.9 Å². The summed E-state index contributed by atoms with van der Waals surface area (Å²) in [5, 5.41) is 18.5. The third-order valence-electron chi connectivity index (χ3n) is 5.17. The molecule has 0 saturated heterocycles. The highest BCUT2D eigenvalue weighted by molar-refractivity contribution is 14.0. The molecule has 2 atom stereocenters. The van der Waals surface area contributed by atoms with Crippen LogP contribution in [0.25, 0.3) is 0 Å². The minimum atomic E-state index is -0.947. The smallest absolute Gasteiger partial charge is 0.350 e. The summed E-state index contributed by atoms with van der Waals surface area (Å²) < 4.78 is 5.10. The first kappa shape index (κ1) is 25.5. The molecule has 1 heterocycles. The molecule has 0 aliphatic heterocycles. The van der Waals surface area contributed by atoms with Gasteiger partial charge in [-0.1, -0.05) is 24.3 Å². The van der Waals surface area contributed by atoms with E-state index in [0.29, 0.717) is 36.1 Å². The van der Waals surface area contributed by atoms with Crippen LogP contribution in [0.5, 0.6) is 0 Å². The number of benzene rings is 1. The number of thiazole rings is 1. The fourth-order valence-corrected chi connectivity index (χ4v) is 4.58. The van der Waals surface area contributed by atoms with Gasteiger partial charge in [0.15, 0.2) is 5.96 Å². The number of rotatable bonds is 7. The van der Waals surface area contributed by atoms with E-state index in [1.54, 1.807) is 6.92 Å². The van der Waals surface area contributed by atoms with Crippen LogP contribution >= 0.6 is 35.3 Å². The SMILES string of the molecule is CCNC(=NCC1(O)CCc2ccccc21)NC(C)c1nc(C)c(C(=O)OCC)s1.I. The molecule has 3 rings (SSSR count). The minimum Gasteiger partial charge on any atom is -0.462 e. The number of hydrogen-bond acceptors (Lipinski definition) is 6. The molecular formula is C22H31IN4O3S. The Balaban J connectivity index is 0.00000341. The number of aliphatic hydroxyl groups is 1. The molecule has 1 aliphatic carbocycles. The minimum absolute atomic E-state index is 0. The van der Waals surface area contributed by atoms with Crippen LogP contribution < -0.4 is 10.6 Å². The lowest BCUT2D eigenvalue weighted by atomic mass is 9.96. The number of esters is 1. The average Bonchev–Trinajstić information content (AvgIpc) is 3.28. The van der Waals surface area contributed by atoms with Crippen molar-refractivity contribution < 1.29 is 14.6 Å². The number of aromatic nitrogens is 1. The zero-order valence-electron chi connectivity index (χ0n) is 18.4. The molecule has 1 aromatic heterocycles. The van der Waals surface area contributed by atoms with Crippen LogP contribution in [-0.4, -0.2) is 41.7 Å². The van der Waals surface area contributed by atoms with E-state index in [9.17, 15) is 9.90 Å². The molecule has 0 spiro atoms. The number of fused-ring (bicyclic) bond motifs is 1. The maximum absolute atomic E-state index is 12.1. The van der Waals surface area contributed by atoms with E-state index >= 15 is 0 Å². The molecule has 1 aromatic carbocycles. The van der Waals surface area contributed by atoms with E-state index in [1.807, 2.05) is 39.0 Å². The topological polar surface area (TPSA) is 95.8 Å². The van der Waals surface area contributed by atoms with Crippen LogP contribution in [0, 0.1) is 6.92 Å². The van der Waals surface area contributed by atoms with Crippen molar-refractivity contribution in [3.05, 3.63) is 51.0 Å². The van der Waals surface area contributed by atoms with Crippen LogP contribution in [0.2, 0.25) is 0 Å². The van der Waals surface area contributed by atoms with Crippen LogP contribution in [0.3, 0.4) is 0 Å². The summed E-state index contributed by atoms with van der Waals surface area (Å²) in [7, 11) is 0. The largest absolute Gasteiger partial charge is 0.462 e. The molecule has 1 aliphatic rings. The number of nitrogens with zero attached hydrogens (tertiary/aromatic N) is 2. The maximum Gasteiger partial charge on any atom is 0.350 e. The van der Waals surface area contributed by atoms with Crippen molar-refractivity contribution in [2.24, 2.45) is 4.99 Å². The van der Waals surface area contributed by atoms with Gasteiger partial charge in [-0.05, 0) is 51.7 Å². The first-order valence-corrected chi connectivity index (χ1v) is 11.2. The molecule has 0 bridgehead atoms. The Morgan fingerprint density at radius 3 is 2.84 bits per heavy atom. The molecule has 7 nitrogen and oxygen atoms in total. The zero-order chi connectivity index (χ0) is 21.7. The van der Waals surface area contributed by atoms with Crippen molar-refractivity contribution in [3.63, 3.8) is 0 Å². The summed E-state index contributed by atoms with van der Waals surface area (Å²) in [6, 6.07) is 7.85. The monoisotopic (exact) mass is 558 g/mol. The Kier molecular flexibility index (Phi) is 9.26. The van der Waals surface area contributed by atoms with Crippen molar-refractivity contribution in [2.45, 2.75) is 52.2 Å². The van der Waals surface area contributed by atoms with Gasteiger partial charge in [-0.25, -0.2) is 14.8 Å². The Labute approximate surface area is 204 Å². The van der Waals surface area contributed by atoms with E-state index in [-0.39, 0.29) is 42.5 Å². The highest BCUT2D eigenvalue weighted by Gasteiger charge is 2.36. The lowest BCUT2D eigenvalue weighted by molar-refractivity contribution is 0.0484. The van der Waals surface area contributed by atoms with Crippen molar-refractivity contribution in [2.75, 3.05) is 19.7 Å². The Hall–Kier alpha value is -1.72. The van der Waals surface area contributed by atoms with Gasteiger partial charge in [0.1, 0.15) is 15.5 Å². The molecule has 0 amide bonds. The third kappa shape index (κ3) is 5.95. The molecular weight excluding hydrogens is 527 g/mol. The van der Waals surface area contributed by atoms with Crippen molar-refractivity contribution >= 4 is 47.2 Å². The van der Waals surface area contributed by atoms with Gasteiger partial charge in [-0.15, -0.1) is 35.3 Å². The predicted molar refractivity (Wildman–Crippen MR) is 134 cm³/mol. The summed E-state index contributed by atoms with van der Waals surface area (Å²) >= 11 is 1.33. The predicted octanol–water partition coefficient (Wildman–Crippen LogP) is 3.70. The first-order chi connectivity index (χ1) is 14.4. The molecule has 2 unspecified atom stereocenters. The van der Waals surface area contributed by atoms with Crippen molar-refractivity contribution in [3.8, 4) is 0 Å². The van der Waals surface area contributed by atoms with E-state index in [4.69, 9.17) is 4.74 Å². The van der Waals surface area contributed by atoms with Gasteiger partial charge >= 0.3 is 5.97 Å². The molecule has 0 fully saturated rings. The highest BCUT2D eigenvalue weighted by Crippen LogP contribution is 2.36.